The normalized spacial score (nSPS) is 16.8. The lowest BCUT2D eigenvalue weighted by atomic mass is 10.00. The van der Waals surface area contributed by atoms with E-state index in [4.69, 9.17) is 11.5 Å². The van der Waals surface area contributed by atoms with Crippen LogP contribution in [0.4, 0.5) is 0 Å². The molecule has 0 radical (unpaired) electrons. The van der Waals surface area contributed by atoms with Crippen LogP contribution in [0.3, 0.4) is 0 Å². The van der Waals surface area contributed by atoms with E-state index >= 15 is 0 Å². The molecule has 59 heavy (non-hydrogen) atoms. The maximum Gasteiger partial charge on any atom is 0.326 e. The van der Waals surface area contributed by atoms with E-state index in [1.165, 1.54) is 13.8 Å². The van der Waals surface area contributed by atoms with Crippen LogP contribution in [0.2, 0.25) is 0 Å². The van der Waals surface area contributed by atoms with Crippen LogP contribution in [0.15, 0.2) is 35.5 Å². The lowest BCUT2D eigenvalue weighted by Crippen LogP contribution is -2.59. The van der Waals surface area contributed by atoms with Gasteiger partial charge >= 0.3 is 5.97 Å². The van der Waals surface area contributed by atoms with Gasteiger partial charge in [-0.2, -0.15) is 0 Å². The average molecular weight is 826 g/mol. The third kappa shape index (κ3) is 15.5. The number of carboxylic acids is 1. The molecule has 0 bridgehead atoms. The molecule has 7 atom stereocenters. The molecule has 1 aliphatic rings. The van der Waals surface area contributed by atoms with Crippen molar-refractivity contribution < 1.29 is 38.7 Å². The number of aromatic nitrogens is 1. The van der Waals surface area contributed by atoms with Crippen molar-refractivity contribution in [3.8, 4) is 0 Å². The number of H-pyrrole nitrogens is 1. The Morgan fingerprint density at radius 3 is 1.85 bits per heavy atom. The highest BCUT2D eigenvalue weighted by Crippen LogP contribution is 2.20. The number of guanidine groups is 1. The summed E-state index contributed by atoms with van der Waals surface area (Å²) in [4.78, 5) is 99.7. The molecule has 19 nitrogen and oxygen atoms in total. The summed E-state index contributed by atoms with van der Waals surface area (Å²) < 4.78 is 0. The summed E-state index contributed by atoms with van der Waals surface area (Å²) in [5, 5.41) is 29.6. The molecule has 1 aromatic heterocycles. The Labute approximate surface area is 344 Å². The van der Waals surface area contributed by atoms with Gasteiger partial charge in [-0.25, -0.2) is 4.79 Å². The fourth-order valence-corrected chi connectivity index (χ4v) is 6.70. The van der Waals surface area contributed by atoms with E-state index in [1.54, 1.807) is 6.20 Å². The number of benzene rings is 1. The third-order valence-electron chi connectivity index (χ3n) is 9.85. The Hall–Kier alpha value is -5.72. The predicted octanol–water partition coefficient (Wildman–Crippen LogP) is -0.359. The lowest BCUT2D eigenvalue weighted by molar-refractivity contribution is -0.142. The Morgan fingerprint density at radius 2 is 1.29 bits per heavy atom. The fraction of sp³-hybridized carbons (Fsp3) is 0.600. The molecular formula is C40H63N11O8. The van der Waals surface area contributed by atoms with E-state index in [1.807, 2.05) is 52.0 Å². The van der Waals surface area contributed by atoms with Crippen molar-refractivity contribution in [3.05, 3.63) is 36.0 Å². The van der Waals surface area contributed by atoms with Gasteiger partial charge in [0.25, 0.3) is 0 Å². The number of nitrogens with zero attached hydrogens (tertiary/aromatic N) is 1. The smallest absolute Gasteiger partial charge is 0.326 e. The fourth-order valence-electron chi connectivity index (χ4n) is 6.70. The summed E-state index contributed by atoms with van der Waals surface area (Å²) >= 11 is 0. The van der Waals surface area contributed by atoms with E-state index in [2.05, 4.69) is 47.2 Å². The van der Waals surface area contributed by atoms with E-state index in [0.717, 1.165) is 17.3 Å². The van der Waals surface area contributed by atoms with Crippen LogP contribution in [-0.4, -0.2) is 113 Å². The molecule has 1 fully saturated rings. The standard InChI is InChI=1S/C40H63N11O8/c1-21(2)17-30(50-35(54)28-13-9-15-43-28)36(55)46-24(6)34(53)49-31(18-22(3)4)38(57)51-32(19-25-20-45-27-12-8-7-11-26(25)27)37(56)47-23(5)33(52)48-29(39(58)59)14-10-16-44-40(41)42/h7-8,11-12,20-24,28-32,43,45H,9-10,13-19H2,1-6H3,(H,46,55)(H,47,56)(H,48,52)(H,49,53)(H,50,54)(H,51,57)(H,58,59)(H4,41,42,44)/t23-,24-,28-,29-,30-,31-,32-/m0/s1. The number of aliphatic carboxylic acids is 1. The molecule has 1 aliphatic heterocycles. The van der Waals surface area contributed by atoms with Crippen LogP contribution in [0.1, 0.15) is 85.6 Å². The van der Waals surface area contributed by atoms with Gasteiger partial charge in [0.2, 0.25) is 35.4 Å². The second-order valence-corrected chi connectivity index (χ2v) is 16.0. The minimum absolute atomic E-state index is 0.00733. The zero-order valence-electron chi connectivity index (χ0n) is 34.9. The Morgan fingerprint density at radius 1 is 0.746 bits per heavy atom. The van der Waals surface area contributed by atoms with Gasteiger partial charge in [0.1, 0.15) is 36.3 Å². The highest BCUT2D eigenvalue weighted by Gasteiger charge is 2.33. The summed E-state index contributed by atoms with van der Waals surface area (Å²) in [6.07, 6.45) is 4.04. The Kier molecular flexibility index (Phi) is 18.6. The number of amides is 6. The van der Waals surface area contributed by atoms with E-state index in [-0.39, 0.29) is 55.9 Å². The van der Waals surface area contributed by atoms with Crippen LogP contribution < -0.4 is 48.7 Å². The van der Waals surface area contributed by atoms with Gasteiger partial charge in [-0.05, 0) is 82.4 Å². The van der Waals surface area contributed by atoms with Crippen molar-refractivity contribution in [3.63, 3.8) is 0 Å². The zero-order chi connectivity index (χ0) is 43.8. The SMILES string of the molecule is CC(C)C[C@H](NC(=O)[C@H](C)NC(=O)[C@H](CC(C)C)NC(=O)[C@@H]1CCCN1)C(=O)N[C@@H](Cc1c[nH]c2ccccc12)C(=O)N[C@@H](C)C(=O)N[C@@H](CCCN=C(N)N)C(=O)O. The maximum atomic E-state index is 14.0. The number of fused-ring (bicyclic) bond motifs is 1. The van der Waals surface area contributed by atoms with Crippen molar-refractivity contribution in [2.75, 3.05) is 13.1 Å². The number of carbonyl (C=O) groups is 7. The number of carboxylic acid groups (broad SMARTS) is 1. The number of hydrogen-bond acceptors (Lipinski definition) is 9. The van der Waals surface area contributed by atoms with Gasteiger partial charge in [0, 0.05) is 30.1 Å². The van der Waals surface area contributed by atoms with E-state index in [9.17, 15) is 38.7 Å². The van der Waals surface area contributed by atoms with Crippen molar-refractivity contribution in [1.29, 1.82) is 0 Å². The lowest BCUT2D eigenvalue weighted by Gasteiger charge is -2.27. The second-order valence-electron chi connectivity index (χ2n) is 16.0. The quantitative estimate of drug-likeness (QED) is 0.0391. The second kappa shape index (κ2) is 23.0. The average Bonchev–Trinajstić information content (AvgIpc) is 3.85. The number of nitrogens with one attached hydrogen (secondary N) is 8. The van der Waals surface area contributed by atoms with Crippen molar-refractivity contribution >= 4 is 58.3 Å². The number of para-hydroxylation sites is 1. The molecule has 0 saturated carbocycles. The summed E-state index contributed by atoms with van der Waals surface area (Å²) in [5.41, 5.74) is 12.1. The van der Waals surface area contributed by atoms with Gasteiger partial charge < -0.3 is 58.8 Å². The molecule has 0 aliphatic carbocycles. The molecule has 0 unspecified atom stereocenters. The van der Waals surface area contributed by atoms with E-state index < -0.39 is 77.8 Å². The van der Waals surface area contributed by atoms with Gasteiger partial charge in [-0.1, -0.05) is 45.9 Å². The molecule has 1 saturated heterocycles. The van der Waals surface area contributed by atoms with Crippen LogP contribution in [0.5, 0.6) is 0 Å². The highest BCUT2D eigenvalue weighted by atomic mass is 16.4. The zero-order valence-corrected chi connectivity index (χ0v) is 34.9. The first-order chi connectivity index (χ1) is 27.9. The summed E-state index contributed by atoms with van der Waals surface area (Å²) in [6.45, 7) is 11.3. The monoisotopic (exact) mass is 825 g/mol. The highest BCUT2D eigenvalue weighted by molar-refractivity contribution is 5.97. The van der Waals surface area contributed by atoms with Crippen molar-refractivity contribution in [1.82, 2.24) is 42.2 Å². The molecule has 6 amide bonds. The van der Waals surface area contributed by atoms with Gasteiger partial charge in [-0.3, -0.25) is 33.8 Å². The molecule has 3 rings (SSSR count). The summed E-state index contributed by atoms with van der Waals surface area (Å²) in [5.74, 6) is -5.09. The Balaban J connectivity index is 1.76. The molecule has 326 valence electrons. The molecule has 1 aromatic carbocycles. The number of nitrogens with two attached hydrogens (primary N) is 2. The van der Waals surface area contributed by atoms with Crippen LogP contribution in [-0.2, 0) is 40.0 Å². The molecule has 0 spiro atoms. The van der Waals surface area contributed by atoms with Gasteiger partial charge in [-0.15, -0.1) is 0 Å². The number of hydrogen-bond donors (Lipinski definition) is 11. The summed E-state index contributed by atoms with van der Waals surface area (Å²) in [7, 11) is 0. The first kappa shape index (κ1) is 47.7. The van der Waals surface area contributed by atoms with E-state index in [0.29, 0.717) is 24.9 Å². The Bertz CT molecular complexity index is 1800. The molecule has 13 N–H and O–H groups in total. The maximum absolute atomic E-state index is 14.0. The number of aliphatic imine (C=N–C) groups is 1. The summed E-state index contributed by atoms with van der Waals surface area (Å²) in [6, 6.07) is 0.161. The number of rotatable bonds is 23. The van der Waals surface area contributed by atoms with Crippen LogP contribution in [0.25, 0.3) is 10.9 Å². The third-order valence-corrected chi connectivity index (χ3v) is 9.85. The molecule has 19 heteroatoms. The van der Waals surface area contributed by atoms with Crippen LogP contribution in [0, 0.1) is 11.8 Å². The largest absolute Gasteiger partial charge is 0.480 e. The topological polar surface area (TPSA) is 304 Å². The first-order valence-corrected chi connectivity index (χ1v) is 20.2. The van der Waals surface area contributed by atoms with Crippen molar-refractivity contribution in [2.24, 2.45) is 28.3 Å². The van der Waals surface area contributed by atoms with Crippen LogP contribution >= 0.6 is 0 Å². The molecule has 2 aromatic rings. The first-order valence-electron chi connectivity index (χ1n) is 20.2. The van der Waals surface area contributed by atoms with Gasteiger partial charge in [0.15, 0.2) is 5.96 Å². The number of aromatic amines is 1. The van der Waals surface area contributed by atoms with Gasteiger partial charge in [0.05, 0.1) is 6.04 Å². The molecule has 2 heterocycles. The van der Waals surface area contributed by atoms with Crippen molar-refractivity contribution in [2.45, 2.75) is 129 Å². The predicted molar refractivity (Wildman–Crippen MR) is 222 cm³/mol. The molecular weight excluding hydrogens is 763 g/mol. The minimum atomic E-state index is -1.28. The minimum Gasteiger partial charge on any atom is -0.480 e. The number of carbonyl (C=O) groups excluding carboxylic acids is 6.